The van der Waals surface area contributed by atoms with Crippen LogP contribution in [-0.4, -0.2) is 4.98 Å². The fraction of sp³-hybridized carbons (Fsp3) is 0.0952. The van der Waals surface area contributed by atoms with Gasteiger partial charge in [0.1, 0.15) is 5.75 Å². The van der Waals surface area contributed by atoms with Crippen LogP contribution in [0.2, 0.25) is 0 Å². The lowest BCUT2D eigenvalue weighted by atomic mass is 10.0. The van der Waals surface area contributed by atoms with E-state index in [1.54, 1.807) is 6.20 Å². The van der Waals surface area contributed by atoms with Crippen LogP contribution >= 0.6 is 0 Å². The maximum absolute atomic E-state index is 6.17. The van der Waals surface area contributed by atoms with E-state index in [0.717, 1.165) is 27.5 Å². The Balaban J connectivity index is 1.94. The first kappa shape index (κ1) is 13.8. The molecule has 1 aromatic heterocycles. The second-order valence-corrected chi connectivity index (χ2v) is 5.87. The minimum Gasteiger partial charge on any atom is -0.438 e. The summed E-state index contributed by atoms with van der Waals surface area (Å²) in [7, 11) is 0. The highest BCUT2D eigenvalue weighted by Crippen LogP contribution is 2.34. The molecule has 0 fully saturated rings. The molecule has 0 saturated carbocycles. The molecular weight excluding hydrogens is 282 g/mol. The van der Waals surface area contributed by atoms with Gasteiger partial charge in [0.2, 0.25) is 5.88 Å². The zero-order valence-corrected chi connectivity index (χ0v) is 13.2. The van der Waals surface area contributed by atoms with Crippen LogP contribution in [0.4, 0.5) is 0 Å². The van der Waals surface area contributed by atoms with E-state index in [-0.39, 0.29) is 0 Å². The van der Waals surface area contributed by atoms with Crippen molar-refractivity contribution in [3.8, 4) is 11.6 Å². The first-order chi connectivity index (χ1) is 11.2. The second kappa shape index (κ2) is 5.40. The Labute approximate surface area is 135 Å². The zero-order chi connectivity index (χ0) is 15.8. The monoisotopic (exact) mass is 299 g/mol. The van der Waals surface area contributed by atoms with Gasteiger partial charge < -0.3 is 4.74 Å². The summed E-state index contributed by atoms with van der Waals surface area (Å²) in [6.07, 6.45) is 1.80. The highest BCUT2D eigenvalue weighted by atomic mass is 16.5. The van der Waals surface area contributed by atoms with E-state index in [0.29, 0.717) is 5.88 Å². The van der Waals surface area contributed by atoms with Gasteiger partial charge >= 0.3 is 0 Å². The summed E-state index contributed by atoms with van der Waals surface area (Å²) in [4.78, 5) is 4.49. The van der Waals surface area contributed by atoms with Crippen LogP contribution in [0.1, 0.15) is 11.1 Å². The third kappa shape index (κ3) is 2.42. The molecule has 2 heteroatoms. The Bertz CT molecular complexity index is 1020. The van der Waals surface area contributed by atoms with Gasteiger partial charge in [0.15, 0.2) is 0 Å². The number of hydrogen-bond acceptors (Lipinski definition) is 2. The summed E-state index contributed by atoms with van der Waals surface area (Å²) in [5.41, 5.74) is 2.34. The molecule has 0 unspecified atom stereocenters. The van der Waals surface area contributed by atoms with Crippen LogP contribution in [0.15, 0.2) is 66.9 Å². The number of aromatic nitrogens is 1. The second-order valence-electron chi connectivity index (χ2n) is 5.87. The summed E-state index contributed by atoms with van der Waals surface area (Å²) in [6.45, 7) is 4.14. The molecule has 112 valence electrons. The fourth-order valence-electron chi connectivity index (χ4n) is 3.01. The molecule has 0 bridgehead atoms. The Kier molecular flexibility index (Phi) is 3.23. The van der Waals surface area contributed by atoms with Crippen molar-refractivity contribution in [2.45, 2.75) is 13.8 Å². The molecule has 0 saturated heterocycles. The molecule has 0 aliphatic carbocycles. The van der Waals surface area contributed by atoms with E-state index in [1.165, 1.54) is 10.9 Å². The number of fused-ring (bicyclic) bond motifs is 3. The molecule has 0 amide bonds. The van der Waals surface area contributed by atoms with Crippen LogP contribution in [0.3, 0.4) is 0 Å². The quantitative estimate of drug-likeness (QED) is 0.437. The number of hydrogen-bond donors (Lipinski definition) is 0. The van der Waals surface area contributed by atoms with Gasteiger partial charge in [-0.05, 0) is 47.7 Å². The standard InChI is InChI=1S/C21H17NO/c1-14-7-10-19(15(2)13-14)23-21-20-17(11-12-22-21)9-8-16-5-3-4-6-18(16)20/h3-13H,1-2H3. The van der Waals surface area contributed by atoms with E-state index in [9.17, 15) is 0 Å². The van der Waals surface area contributed by atoms with Crippen LogP contribution in [-0.2, 0) is 0 Å². The molecule has 0 aliphatic rings. The Hall–Kier alpha value is -2.87. The number of aryl methyl sites for hydroxylation is 2. The molecule has 1 heterocycles. The summed E-state index contributed by atoms with van der Waals surface area (Å²) in [6, 6.07) is 20.8. The van der Waals surface area contributed by atoms with Crippen LogP contribution in [0.25, 0.3) is 21.5 Å². The topological polar surface area (TPSA) is 22.1 Å². The lowest BCUT2D eigenvalue weighted by Gasteiger charge is -2.12. The van der Waals surface area contributed by atoms with Crippen molar-refractivity contribution in [3.63, 3.8) is 0 Å². The normalized spacial score (nSPS) is 11.0. The van der Waals surface area contributed by atoms with E-state index in [4.69, 9.17) is 4.74 Å². The number of rotatable bonds is 2. The maximum Gasteiger partial charge on any atom is 0.227 e. The van der Waals surface area contributed by atoms with Gasteiger partial charge in [-0.1, -0.05) is 54.1 Å². The molecule has 0 atom stereocenters. The van der Waals surface area contributed by atoms with Crippen molar-refractivity contribution in [2.75, 3.05) is 0 Å². The van der Waals surface area contributed by atoms with Gasteiger partial charge in [-0.25, -0.2) is 4.98 Å². The number of ether oxygens (including phenoxy) is 1. The zero-order valence-electron chi connectivity index (χ0n) is 13.2. The minimum atomic E-state index is 0.659. The van der Waals surface area contributed by atoms with Crippen molar-refractivity contribution in [1.82, 2.24) is 4.98 Å². The van der Waals surface area contributed by atoms with E-state index in [2.05, 4.69) is 67.4 Å². The molecular formula is C21H17NO. The highest BCUT2D eigenvalue weighted by molar-refractivity contribution is 6.09. The lowest BCUT2D eigenvalue weighted by Crippen LogP contribution is -1.92. The van der Waals surface area contributed by atoms with Gasteiger partial charge in [-0.2, -0.15) is 0 Å². The summed E-state index contributed by atoms with van der Waals surface area (Å²) >= 11 is 0. The van der Waals surface area contributed by atoms with E-state index < -0.39 is 0 Å². The van der Waals surface area contributed by atoms with Crippen molar-refractivity contribution < 1.29 is 4.74 Å². The fourth-order valence-corrected chi connectivity index (χ4v) is 3.01. The maximum atomic E-state index is 6.17. The molecule has 0 spiro atoms. The van der Waals surface area contributed by atoms with Crippen molar-refractivity contribution in [1.29, 1.82) is 0 Å². The largest absolute Gasteiger partial charge is 0.438 e. The lowest BCUT2D eigenvalue weighted by molar-refractivity contribution is 0.466. The van der Waals surface area contributed by atoms with Crippen molar-refractivity contribution in [2.24, 2.45) is 0 Å². The predicted octanol–water partition coefficient (Wildman–Crippen LogP) is 5.80. The number of pyridine rings is 1. The van der Waals surface area contributed by atoms with Crippen molar-refractivity contribution in [3.05, 3.63) is 78.0 Å². The Morgan fingerprint density at radius 1 is 0.826 bits per heavy atom. The van der Waals surface area contributed by atoms with E-state index in [1.807, 2.05) is 12.1 Å². The smallest absolute Gasteiger partial charge is 0.227 e. The van der Waals surface area contributed by atoms with Gasteiger partial charge in [-0.15, -0.1) is 0 Å². The average Bonchev–Trinajstić information content (AvgIpc) is 2.57. The van der Waals surface area contributed by atoms with Crippen LogP contribution < -0.4 is 4.74 Å². The van der Waals surface area contributed by atoms with Gasteiger partial charge in [0.05, 0.1) is 5.39 Å². The predicted molar refractivity (Wildman–Crippen MR) is 95.2 cm³/mol. The summed E-state index contributed by atoms with van der Waals surface area (Å²) in [5.74, 6) is 1.51. The van der Waals surface area contributed by atoms with Gasteiger partial charge in [0.25, 0.3) is 0 Å². The Morgan fingerprint density at radius 3 is 2.52 bits per heavy atom. The summed E-state index contributed by atoms with van der Waals surface area (Å²) < 4.78 is 6.17. The van der Waals surface area contributed by atoms with Gasteiger partial charge in [0, 0.05) is 6.20 Å². The molecule has 4 rings (SSSR count). The van der Waals surface area contributed by atoms with Crippen molar-refractivity contribution >= 4 is 21.5 Å². The summed E-state index contributed by atoms with van der Waals surface area (Å²) in [5, 5.41) is 4.56. The first-order valence-electron chi connectivity index (χ1n) is 7.74. The molecule has 2 nitrogen and oxygen atoms in total. The Morgan fingerprint density at radius 2 is 1.65 bits per heavy atom. The third-order valence-electron chi connectivity index (χ3n) is 4.16. The minimum absolute atomic E-state index is 0.659. The molecule has 0 N–H and O–H groups in total. The molecule has 3 aromatic carbocycles. The number of nitrogens with zero attached hydrogens (tertiary/aromatic N) is 1. The average molecular weight is 299 g/mol. The molecule has 4 aromatic rings. The van der Waals surface area contributed by atoms with Crippen LogP contribution in [0, 0.1) is 13.8 Å². The third-order valence-corrected chi connectivity index (χ3v) is 4.16. The van der Waals surface area contributed by atoms with Crippen LogP contribution in [0.5, 0.6) is 11.6 Å². The highest BCUT2D eigenvalue weighted by Gasteiger charge is 2.10. The number of benzene rings is 3. The van der Waals surface area contributed by atoms with E-state index >= 15 is 0 Å². The SMILES string of the molecule is Cc1ccc(Oc2nccc3ccc4ccccc4c23)c(C)c1. The molecule has 0 radical (unpaired) electrons. The molecule has 0 aliphatic heterocycles. The first-order valence-corrected chi connectivity index (χ1v) is 7.74. The molecule has 23 heavy (non-hydrogen) atoms. The van der Waals surface area contributed by atoms with Gasteiger partial charge in [-0.3, -0.25) is 0 Å².